The SMILES string of the molecule is CC(=O)N1CCSC1=NC1c2ccccc2CCC1O. The second-order valence-electron chi connectivity index (χ2n) is 5.18. The van der Waals surface area contributed by atoms with Gasteiger partial charge in [0.25, 0.3) is 0 Å². The van der Waals surface area contributed by atoms with Gasteiger partial charge in [-0.05, 0) is 24.0 Å². The van der Waals surface area contributed by atoms with E-state index in [-0.39, 0.29) is 11.9 Å². The number of aliphatic hydroxyl groups is 1. The highest BCUT2D eigenvalue weighted by Crippen LogP contribution is 2.34. The summed E-state index contributed by atoms with van der Waals surface area (Å²) in [5.74, 6) is 0.899. The normalized spacial score (nSPS) is 27.7. The molecule has 5 heteroatoms. The smallest absolute Gasteiger partial charge is 0.225 e. The summed E-state index contributed by atoms with van der Waals surface area (Å²) in [5, 5.41) is 11.0. The number of aliphatic hydroxyl groups excluding tert-OH is 1. The number of aliphatic imine (C=N–C) groups is 1. The van der Waals surface area contributed by atoms with Crippen molar-refractivity contribution in [1.82, 2.24) is 4.90 Å². The van der Waals surface area contributed by atoms with Gasteiger partial charge in [-0.25, -0.2) is 0 Å². The zero-order valence-electron chi connectivity index (χ0n) is 11.5. The van der Waals surface area contributed by atoms with E-state index in [0.29, 0.717) is 6.54 Å². The van der Waals surface area contributed by atoms with Crippen LogP contribution in [0.3, 0.4) is 0 Å². The monoisotopic (exact) mass is 290 g/mol. The molecule has 0 bridgehead atoms. The Morgan fingerprint density at radius 2 is 2.25 bits per heavy atom. The average molecular weight is 290 g/mol. The topological polar surface area (TPSA) is 52.9 Å². The first-order valence-electron chi connectivity index (χ1n) is 6.91. The molecule has 106 valence electrons. The molecule has 20 heavy (non-hydrogen) atoms. The summed E-state index contributed by atoms with van der Waals surface area (Å²) in [6, 6.07) is 7.88. The fraction of sp³-hybridized carbons (Fsp3) is 0.467. The highest BCUT2D eigenvalue weighted by molar-refractivity contribution is 8.14. The number of carbonyl (C=O) groups excluding carboxylic acids is 1. The molecule has 2 atom stereocenters. The molecule has 1 amide bonds. The summed E-state index contributed by atoms with van der Waals surface area (Å²) >= 11 is 1.59. The molecular weight excluding hydrogens is 272 g/mol. The minimum atomic E-state index is -0.465. The number of benzene rings is 1. The van der Waals surface area contributed by atoms with Crippen LogP contribution in [0.1, 0.15) is 30.5 Å². The lowest BCUT2D eigenvalue weighted by Crippen LogP contribution is -2.31. The van der Waals surface area contributed by atoms with Crippen LogP contribution in [-0.4, -0.2) is 39.5 Å². The van der Waals surface area contributed by atoms with Crippen molar-refractivity contribution in [3.05, 3.63) is 35.4 Å². The van der Waals surface area contributed by atoms with Crippen molar-refractivity contribution in [2.24, 2.45) is 4.99 Å². The van der Waals surface area contributed by atoms with Crippen molar-refractivity contribution in [1.29, 1.82) is 0 Å². The number of aryl methyl sites for hydroxylation is 1. The standard InChI is InChI=1S/C15H18N2O2S/c1-10(18)17-8-9-20-15(17)16-14-12-5-3-2-4-11(12)6-7-13(14)19/h2-5,13-14,19H,6-9H2,1H3. The van der Waals surface area contributed by atoms with Crippen LogP contribution in [0.4, 0.5) is 0 Å². The third kappa shape index (κ3) is 2.47. The number of thioether (sulfide) groups is 1. The van der Waals surface area contributed by atoms with Crippen LogP contribution in [0.25, 0.3) is 0 Å². The van der Waals surface area contributed by atoms with Gasteiger partial charge in [0.1, 0.15) is 6.04 Å². The highest BCUT2D eigenvalue weighted by Gasteiger charge is 2.30. The molecule has 4 nitrogen and oxygen atoms in total. The van der Waals surface area contributed by atoms with Crippen LogP contribution < -0.4 is 0 Å². The molecule has 0 radical (unpaired) electrons. The van der Waals surface area contributed by atoms with Crippen LogP contribution in [0.15, 0.2) is 29.3 Å². The summed E-state index contributed by atoms with van der Waals surface area (Å²) in [6.45, 7) is 2.27. The number of hydrogen-bond donors (Lipinski definition) is 1. The zero-order valence-corrected chi connectivity index (χ0v) is 12.3. The number of hydrogen-bond acceptors (Lipinski definition) is 4. The maximum atomic E-state index is 11.6. The van der Waals surface area contributed by atoms with Crippen molar-refractivity contribution in [3.8, 4) is 0 Å². The second kappa shape index (κ2) is 5.58. The molecule has 3 rings (SSSR count). The van der Waals surface area contributed by atoms with Crippen LogP contribution in [0.2, 0.25) is 0 Å². The molecule has 1 aliphatic carbocycles. The number of rotatable bonds is 1. The van der Waals surface area contributed by atoms with E-state index in [1.165, 1.54) is 5.56 Å². The minimum absolute atomic E-state index is 0.0207. The van der Waals surface area contributed by atoms with Gasteiger partial charge in [0.2, 0.25) is 5.91 Å². The van der Waals surface area contributed by atoms with Crippen molar-refractivity contribution >= 4 is 22.8 Å². The predicted octanol–water partition coefficient (Wildman–Crippen LogP) is 1.99. The Kier molecular flexibility index (Phi) is 3.81. The summed E-state index contributed by atoms with van der Waals surface area (Å²) in [5.41, 5.74) is 2.35. The zero-order chi connectivity index (χ0) is 14.1. The first kappa shape index (κ1) is 13.6. The highest BCUT2D eigenvalue weighted by atomic mass is 32.2. The Morgan fingerprint density at radius 1 is 1.45 bits per heavy atom. The molecule has 1 aliphatic heterocycles. The molecule has 1 N–H and O–H groups in total. The van der Waals surface area contributed by atoms with E-state index in [0.717, 1.165) is 29.3 Å². The van der Waals surface area contributed by atoms with Gasteiger partial charge in [-0.1, -0.05) is 36.0 Å². The molecule has 1 aromatic carbocycles. The predicted molar refractivity (Wildman–Crippen MR) is 80.8 cm³/mol. The van der Waals surface area contributed by atoms with Gasteiger partial charge in [0.05, 0.1) is 6.10 Å². The Hall–Kier alpha value is -1.33. The van der Waals surface area contributed by atoms with E-state index in [2.05, 4.69) is 6.07 Å². The van der Waals surface area contributed by atoms with Gasteiger partial charge in [0.15, 0.2) is 5.17 Å². The fourth-order valence-electron chi connectivity index (χ4n) is 2.79. The van der Waals surface area contributed by atoms with Crippen LogP contribution in [0.5, 0.6) is 0 Å². The Labute approximate surface area is 122 Å². The number of nitrogens with zero attached hydrogens (tertiary/aromatic N) is 2. The summed E-state index contributed by atoms with van der Waals surface area (Å²) < 4.78 is 0. The van der Waals surface area contributed by atoms with Crippen molar-refractivity contribution in [2.45, 2.75) is 31.9 Å². The maximum Gasteiger partial charge on any atom is 0.225 e. The molecule has 1 heterocycles. The third-order valence-electron chi connectivity index (χ3n) is 3.85. The first-order chi connectivity index (χ1) is 9.66. The quantitative estimate of drug-likeness (QED) is 0.860. The number of amidine groups is 1. The molecule has 2 aliphatic rings. The Morgan fingerprint density at radius 3 is 3.05 bits per heavy atom. The van der Waals surface area contributed by atoms with Crippen LogP contribution >= 0.6 is 11.8 Å². The lowest BCUT2D eigenvalue weighted by atomic mass is 9.86. The van der Waals surface area contributed by atoms with E-state index in [9.17, 15) is 9.90 Å². The van der Waals surface area contributed by atoms with Gasteiger partial charge < -0.3 is 5.11 Å². The van der Waals surface area contributed by atoms with Gasteiger partial charge in [-0.2, -0.15) is 0 Å². The Balaban J connectivity index is 1.95. The van der Waals surface area contributed by atoms with E-state index in [1.807, 2.05) is 18.2 Å². The lowest BCUT2D eigenvalue weighted by molar-refractivity contribution is -0.124. The molecule has 1 aromatic rings. The van der Waals surface area contributed by atoms with E-state index >= 15 is 0 Å². The average Bonchev–Trinajstić information content (AvgIpc) is 2.90. The minimum Gasteiger partial charge on any atom is -0.391 e. The maximum absolute atomic E-state index is 11.6. The third-order valence-corrected chi connectivity index (χ3v) is 4.82. The van der Waals surface area contributed by atoms with Crippen molar-refractivity contribution in [3.63, 3.8) is 0 Å². The van der Waals surface area contributed by atoms with Crippen LogP contribution in [-0.2, 0) is 11.2 Å². The molecule has 2 unspecified atom stereocenters. The summed E-state index contributed by atoms with van der Waals surface area (Å²) in [7, 11) is 0. The number of carbonyl (C=O) groups is 1. The van der Waals surface area contributed by atoms with Crippen LogP contribution in [0, 0.1) is 0 Å². The molecule has 1 fully saturated rings. The lowest BCUT2D eigenvalue weighted by Gasteiger charge is -2.28. The molecule has 0 saturated carbocycles. The van der Waals surface area contributed by atoms with Gasteiger partial charge in [0, 0.05) is 19.2 Å². The molecule has 0 spiro atoms. The molecule has 0 aromatic heterocycles. The Bertz CT molecular complexity index is 559. The fourth-order valence-corrected chi connectivity index (χ4v) is 3.81. The molecule has 1 saturated heterocycles. The van der Waals surface area contributed by atoms with Gasteiger partial charge in [-0.15, -0.1) is 0 Å². The largest absolute Gasteiger partial charge is 0.391 e. The number of fused-ring (bicyclic) bond motifs is 1. The molecular formula is C15H18N2O2S. The second-order valence-corrected chi connectivity index (χ2v) is 6.24. The van der Waals surface area contributed by atoms with E-state index in [4.69, 9.17) is 4.99 Å². The van der Waals surface area contributed by atoms with Gasteiger partial charge in [-0.3, -0.25) is 14.7 Å². The number of amides is 1. The van der Waals surface area contributed by atoms with E-state index in [1.54, 1.807) is 23.6 Å². The van der Waals surface area contributed by atoms with Crippen molar-refractivity contribution in [2.75, 3.05) is 12.3 Å². The first-order valence-corrected chi connectivity index (χ1v) is 7.90. The van der Waals surface area contributed by atoms with Gasteiger partial charge >= 0.3 is 0 Å². The van der Waals surface area contributed by atoms with E-state index < -0.39 is 6.10 Å². The summed E-state index contributed by atoms with van der Waals surface area (Å²) in [4.78, 5) is 18.0. The summed E-state index contributed by atoms with van der Waals surface area (Å²) in [6.07, 6.45) is 1.15. The van der Waals surface area contributed by atoms with Crippen molar-refractivity contribution < 1.29 is 9.90 Å².